The SMILES string of the molecule is CO[C@H]1C(=O)N2C(C(=O)C(C)(C)C)=C(C)[C@@H](Sc3ccccn3)S(=O)(=O)[C@H]12. The van der Waals surface area contributed by atoms with Crippen LogP contribution >= 0.6 is 11.8 Å². The van der Waals surface area contributed by atoms with E-state index in [0.717, 1.165) is 16.7 Å². The number of fused-ring (bicyclic) bond motifs is 1. The molecule has 3 rings (SSSR count). The van der Waals surface area contributed by atoms with E-state index in [9.17, 15) is 18.0 Å². The molecule has 7 nitrogen and oxygen atoms in total. The number of carbonyl (C=O) groups is 2. The number of allylic oxidation sites excluding steroid dienone is 1. The minimum Gasteiger partial charge on any atom is -0.368 e. The van der Waals surface area contributed by atoms with Crippen molar-refractivity contribution in [1.82, 2.24) is 9.88 Å². The molecule has 0 spiro atoms. The molecule has 3 atom stereocenters. The van der Waals surface area contributed by atoms with Gasteiger partial charge < -0.3 is 4.74 Å². The molecule has 1 fully saturated rings. The van der Waals surface area contributed by atoms with Crippen molar-refractivity contribution in [1.29, 1.82) is 0 Å². The minimum atomic E-state index is -3.83. The van der Waals surface area contributed by atoms with Gasteiger partial charge in [0.1, 0.15) is 4.58 Å². The Hall–Kier alpha value is -1.71. The second kappa shape index (κ2) is 6.72. The molecule has 9 heteroatoms. The van der Waals surface area contributed by atoms with E-state index in [1.807, 2.05) is 0 Å². The molecule has 0 aliphatic carbocycles. The van der Waals surface area contributed by atoms with Crippen molar-refractivity contribution in [2.75, 3.05) is 7.11 Å². The molecule has 0 unspecified atom stereocenters. The molecule has 2 aliphatic rings. The monoisotopic (exact) mass is 410 g/mol. The highest BCUT2D eigenvalue weighted by molar-refractivity contribution is 8.14. The van der Waals surface area contributed by atoms with Gasteiger partial charge in [0.2, 0.25) is 0 Å². The molecule has 146 valence electrons. The van der Waals surface area contributed by atoms with Crippen LogP contribution in [0.3, 0.4) is 0 Å². The maximum atomic E-state index is 13.3. The van der Waals surface area contributed by atoms with Crippen LogP contribution in [0.15, 0.2) is 40.7 Å². The lowest BCUT2D eigenvalue weighted by atomic mass is 9.86. The number of hydrogen-bond donors (Lipinski definition) is 0. The first-order valence-electron chi connectivity index (χ1n) is 8.43. The Kier molecular flexibility index (Phi) is 4.98. The summed E-state index contributed by atoms with van der Waals surface area (Å²) >= 11 is 1.06. The Bertz CT molecular complexity index is 919. The number of sulfone groups is 1. The highest BCUT2D eigenvalue weighted by atomic mass is 32.3. The summed E-state index contributed by atoms with van der Waals surface area (Å²) in [6.45, 7) is 6.83. The Morgan fingerprint density at radius 3 is 2.48 bits per heavy atom. The van der Waals surface area contributed by atoms with Crippen molar-refractivity contribution in [3.63, 3.8) is 0 Å². The molecule has 1 saturated heterocycles. The van der Waals surface area contributed by atoms with Gasteiger partial charge in [-0.15, -0.1) is 0 Å². The molecule has 0 saturated carbocycles. The van der Waals surface area contributed by atoms with E-state index in [1.54, 1.807) is 52.1 Å². The highest BCUT2D eigenvalue weighted by Gasteiger charge is 2.63. The van der Waals surface area contributed by atoms with E-state index < -0.39 is 37.2 Å². The summed E-state index contributed by atoms with van der Waals surface area (Å²) in [6, 6.07) is 5.22. The second-order valence-electron chi connectivity index (χ2n) is 7.57. The van der Waals surface area contributed by atoms with Gasteiger partial charge in [0, 0.05) is 18.7 Å². The first-order valence-corrected chi connectivity index (χ1v) is 10.9. The first-order chi connectivity index (χ1) is 12.5. The van der Waals surface area contributed by atoms with E-state index in [2.05, 4.69) is 4.98 Å². The standard InChI is InChI=1S/C18H22N2O5S2/c1-10-12(14(21)18(2,3)4)20-15(22)13(25-5)16(20)27(23,24)17(10)26-11-8-6-7-9-19-11/h6-9,13,16-17H,1-5H3/t13-,16+,17-/m0/s1. The fraction of sp³-hybridized carbons (Fsp3) is 0.500. The second-order valence-corrected chi connectivity index (χ2v) is 11.1. The Balaban J connectivity index is 2.16. The topological polar surface area (TPSA) is 93.6 Å². The lowest BCUT2D eigenvalue weighted by Gasteiger charge is -2.51. The number of aromatic nitrogens is 1. The van der Waals surface area contributed by atoms with E-state index in [-0.39, 0.29) is 11.5 Å². The Labute approximate surface area is 163 Å². The minimum absolute atomic E-state index is 0.161. The number of hydrogen-bond acceptors (Lipinski definition) is 7. The van der Waals surface area contributed by atoms with Crippen LogP contribution < -0.4 is 0 Å². The first kappa shape index (κ1) is 20.0. The normalized spacial score (nSPS) is 27.2. The zero-order valence-electron chi connectivity index (χ0n) is 15.8. The molecule has 0 aromatic carbocycles. The van der Waals surface area contributed by atoms with Gasteiger partial charge in [-0.05, 0) is 24.6 Å². The molecule has 0 bridgehead atoms. The van der Waals surface area contributed by atoms with Crippen LogP contribution in [0, 0.1) is 5.41 Å². The number of methoxy groups -OCH3 is 1. The van der Waals surface area contributed by atoms with Crippen molar-refractivity contribution in [3.05, 3.63) is 35.7 Å². The number of β-lactam (4-membered cyclic amide) rings is 1. The van der Waals surface area contributed by atoms with Gasteiger partial charge in [0.15, 0.2) is 27.1 Å². The number of carbonyl (C=O) groups excluding carboxylic acids is 2. The summed E-state index contributed by atoms with van der Waals surface area (Å²) in [7, 11) is -2.53. The van der Waals surface area contributed by atoms with Crippen molar-refractivity contribution in [2.24, 2.45) is 5.41 Å². The van der Waals surface area contributed by atoms with Crippen molar-refractivity contribution < 1.29 is 22.7 Å². The smallest absolute Gasteiger partial charge is 0.260 e. The van der Waals surface area contributed by atoms with Gasteiger partial charge in [-0.3, -0.25) is 14.5 Å². The molecule has 0 radical (unpaired) electrons. The van der Waals surface area contributed by atoms with Crippen LogP contribution in [0.5, 0.6) is 0 Å². The quantitative estimate of drug-likeness (QED) is 0.701. The third-order valence-corrected chi connectivity index (χ3v) is 8.84. The zero-order chi connectivity index (χ0) is 20.1. The lowest BCUT2D eigenvalue weighted by molar-refractivity contribution is -0.161. The fourth-order valence-corrected chi connectivity index (χ4v) is 7.11. The fourth-order valence-electron chi connectivity index (χ4n) is 3.21. The summed E-state index contributed by atoms with van der Waals surface area (Å²) in [6.07, 6.45) is 0.479. The van der Waals surface area contributed by atoms with Crippen LogP contribution in [0.1, 0.15) is 27.7 Å². The zero-order valence-corrected chi connectivity index (χ0v) is 17.4. The highest BCUT2D eigenvalue weighted by Crippen LogP contribution is 2.47. The Morgan fingerprint density at radius 2 is 1.96 bits per heavy atom. The lowest BCUT2D eigenvalue weighted by Crippen LogP contribution is -2.71. The maximum absolute atomic E-state index is 13.3. The van der Waals surface area contributed by atoms with E-state index in [0.29, 0.717) is 10.6 Å². The van der Waals surface area contributed by atoms with Crippen molar-refractivity contribution in [3.8, 4) is 0 Å². The van der Waals surface area contributed by atoms with Crippen LogP contribution in [0.25, 0.3) is 0 Å². The van der Waals surface area contributed by atoms with E-state index >= 15 is 0 Å². The van der Waals surface area contributed by atoms with Gasteiger partial charge >= 0.3 is 0 Å². The molecule has 3 heterocycles. The summed E-state index contributed by atoms with van der Waals surface area (Å²) < 4.78 is 30.6. The number of ether oxygens (including phenoxy) is 1. The van der Waals surface area contributed by atoms with Crippen LogP contribution in [0.4, 0.5) is 0 Å². The number of amides is 1. The van der Waals surface area contributed by atoms with Crippen LogP contribution in [-0.2, 0) is 24.2 Å². The van der Waals surface area contributed by atoms with Gasteiger partial charge in [0.25, 0.3) is 5.91 Å². The molecule has 1 amide bonds. The summed E-state index contributed by atoms with van der Waals surface area (Å²) in [5, 5.41) is -0.665. The number of nitrogens with zero attached hydrogens (tertiary/aromatic N) is 2. The molecule has 0 N–H and O–H groups in total. The molecule has 1 aromatic rings. The third-order valence-electron chi connectivity index (χ3n) is 4.61. The number of rotatable bonds is 4. The summed E-state index contributed by atoms with van der Waals surface area (Å²) in [4.78, 5) is 30.8. The number of Topliss-reactive ketones (excluding diaryl/α,β-unsaturated/α-hetero) is 1. The molecule has 27 heavy (non-hydrogen) atoms. The third kappa shape index (κ3) is 3.11. The molecule has 2 aliphatic heterocycles. The molecular formula is C18H22N2O5S2. The van der Waals surface area contributed by atoms with E-state index in [4.69, 9.17) is 4.74 Å². The van der Waals surface area contributed by atoms with Crippen molar-refractivity contribution in [2.45, 2.75) is 48.8 Å². The van der Waals surface area contributed by atoms with Gasteiger partial charge in [-0.2, -0.15) is 0 Å². The van der Waals surface area contributed by atoms with Gasteiger partial charge in [-0.1, -0.05) is 38.6 Å². The number of pyridine rings is 1. The Morgan fingerprint density at radius 1 is 1.30 bits per heavy atom. The number of thioether (sulfide) groups is 1. The predicted molar refractivity (Wildman–Crippen MR) is 101 cm³/mol. The van der Waals surface area contributed by atoms with Crippen LogP contribution in [-0.4, -0.2) is 53.2 Å². The predicted octanol–water partition coefficient (Wildman–Crippen LogP) is 2.00. The largest absolute Gasteiger partial charge is 0.368 e. The van der Waals surface area contributed by atoms with Crippen LogP contribution in [0.2, 0.25) is 0 Å². The van der Waals surface area contributed by atoms with Gasteiger partial charge in [-0.25, -0.2) is 13.4 Å². The molecule has 1 aromatic heterocycles. The van der Waals surface area contributed by atoms with Crippen molar-refractivity contribution >= 4 is 33.3 Å². The average Bonchev–Trinajstić information content (AvgIpc) is 2.59. The molecular weight excluding hydrogens is 388 g/mol. The average molecular weight is 411 g/mol. The van der Waals surface area contributed by atoms with E-state index in [1.165, 1.54) is 7.11 Å². The maximum Gasteiger partial charge on any atom is 0.260 e. The van der Waals surface area contributed by atoms with Gasteiger partial charge in [0.05, 0.1) is 10.7 Å². The summed E-state index contributed by atoms with van der Waals surface area (Å²) in [5.74, 6) is -0.770. The summed E-state index contributed by atoms with van der Waals surface area (Å²) in [5.41, 5.74) is -0.250. The number of ketones is 1.